The average molecular weight is 436 g/mol. The number of aryl methyl sites for hydroxylation is 1. The Kier molecular flexibility index (Phi) is 6.51. The topological polar surface area (TPSA) is 69.7 Å². The summed E-state index contributed by atoms with van der Waals surface area (Å²) in [5, 5.41) is 0.247. The van der Waals surface area contributed by atoms with Gasteiger partial charge in [0.2, 0.25) is 0 Å². The Morgan fingerprint density at radius 1 is 1.21 bits per heavy atom. The third-order valence-electron chi connectivity index (χ3n) is 5.16. The number of benzene rings is 2. The van der Waals surface area contributed by atoms with Crippen LogP contribution in [0.3, 0.4) is 0 Å². The molecule has 0 spiro atoms. The van der Waals surface area contributed by atoms with Crippen molar-refractivity contribution in [2.24, 2.45) is 0 Å². The second kappa shape index (κ2) is 8.73. The molecule has 0 aromatic heterocycles. The Labute approximate surface area is 177 Å². The van der Waals surface area contributed by atoms with E-state index in [0.29, 0.717) is 18.8 Å². The van der Waals surface area contributed by atoms with Gasteiger partial charge in [-0.1, -0.05) is 23.7 Å². The minimum absolute atomic E-state index is 0.00734. The van der Waals surface area contributed by atoms with Crippen LogP contribution in [0.15, 0.2) is 47.4 Å². The van der Waals surface area contributed by atoms with Gasteiger partial charge in [-0.15, -0.1) is 0 Å². The summed E-state index contributed by atoms with van der Waals surface area (Å²) in [4.78, 5) is 16.9. The lowest BCUT2D eigenvalue weighted by Gasteiger charge is -2.36. The third kappa shape index (κ3) is 5.10. The van der Waals surface area contributed by atoms with Crippen LogP contribution in [-0.4, -0.2) is 57.4 Å². The van der Waals surface area contributed by atoms with Gasteiger partial charge < -0.3 is 9.80 Å². The number of anilines is 1. The number of nitrogens with zero attached hydrogens (tertiary/aromatic N) is 2. The van der Waals surface area contributed by atoms with Gasteiger partial charge in [0.1, 0.15) is 0 Å². The van der Waals surface area contributed by atoms with Gasteiger partial charge in [0.25, 0.3) is 15.9 Å². The first-order chi connectivity index (χ1) is 13.7. The number of amides is 1. The monoisotopic (exact) mass is 435 g/mol. The highest BCUT2D eigenvalue weighted by atomic mass is 35.5. The molecule has 1 saturated heterocycles. The molecule has 2 aromatic carbocycles. The van der Waals surface area contributed by atoms with Gasteiger partial charge in [0.15, 0.2) is 0 Å². The molecule has 0 saturated carbocycles. The zero-order valence-corrected chi connectivity index (χ0v) is 18.4. The summed E-state index contributed by atoms with van der Waals surface area (Å²) in [6, 6.07) is 11.6. The lowest BCUT2D eigenvalue weighted by molar-refractivity contribution is 0.0635. The van der Waals surface area contributed by atoms with Crippen molar-refractivity contribution >= 4 is 33.2 Å². The number of nitrogens with one attached hydrogen (secondary N) is 1. The Morgan fingerprint density at radius 2 is 1.97 bits per heavy atom. The van der Waals surface area contributed by atoms with Crippen LogP contribution in [0.25, 0.3) is 0 Å². The van der Waals surface area contributed by atoms with E-state index in [1.807, 2.05) is 27.1 Å². The van der Waals surface area contributed by atoms with E-state index in [9.17, 15) is 13.2 Å². The van der Waals surface area contributed by atoms with E-state index in [2.05, 4.69) is 9.62 Å². The summed E-state index contributed by atoms with van der Waals surface area (Å²) in [6.45, 7) is 3.12. The van der Waals surface area contributed by atoms with E-state index in [0.717, 1.165) is 18.4 Å². The smallest absolute Gasteiger partial charge is 0.261 e. The van der Waals surface area contributed by atoms with Gasteiger partial charge in [0, 0.05) is 24.8 Å². The lowest BCUT2D eigenvalue weighted by Crippen LogP contribution is -2.47. The van der Waals surface area contributed by atoms with Crippen LogP contribution in [0.2, 0.25) is 5.02 Å². The first-order valence-corrected chi connectivity index (χ1v) is 11.4. The van der Waals surface area contributed by atoms with E-state index >= 15 is 0 Å². The fourth-order valence-electron chi connectivity index (χ4n) is 3.49. The molecule has 3 rings (SSSR count). The third-order valence-corrected chi connectivity index (χ3v) is 6.87. The molecule has 8 heteroatoms. The number of rotatable bonds is 5. The molecule has 0 radical (unpaired) electrons. The van der Waals surface area contributed by atoms with Crippen LogP contribution in [-0.2, 0) is 10.0 Å². The zero-order chi connectivity index (χ0) is 21.2. The molecule has 2 aromatic rings. The minimum Gasteiger partial charge on any atom is -0.337 e. The van der Waals surface area contributed by atoms with E-state index in [-0.39, 0.29) is 27.4 Å². The van der Waals surface area contributed by atoms with Crippen LogP contribution in [0.4, 0.5) is 5.69 Å². The largest absolute Gasteiger partial charge is 0.337 e. The number of hydrogen-bond acceptors (Lipinski definition) is 4. The van der Waals surface area contributed by atoms with E-state index in [1.54, 1.807) is 23.1 Å². The molecular formula is C21H26ClN3O3S. The van der Waals surface area contributed by atoms with Crippen molar-refractivity contribution in [3.63, 3.8) is 0 Å². The Balaban J connectivity index is 1.86. The fourth-order valence-corrected chi connectivity index (χ4v) is 4.76. The van der Waals surface area contributed by atoms with Gasteiger partial charge in [-0.05, 0) is 69.8 Å². The maximum Gasteiger partial charge on any atom is 0.261 e. The van der Waals surface area contributed by atoms with Crippen molar-refractivity contribution < 1.29 is 13.2 Å². The molecule has 1 aliphatic heterocycles. The SMILES string of the molecule is Cc1cccc(NS(=O)(=O)c2ccc(Cl)c(C(=O)N3CCCC(N(C)C)C3)c2)c1. The van der Waals surface area contributed by atoms with Crippen LogP contribution < -0.4 is 4.72 Å². The molecule has 0 bridgehead atoms. The van der Waals surface area contributed by atoms with Gasteiger partial charge in [-0.3, -0.25) is 9.52 Å². The predicted molar refractivity (Wildman–Crippen MR) is 116 cm³/mol. The Morgan fingerprint density at radius 3 is 2.66 bits per heavy atom. The van der Waals surface area contributed by atoms with Crippen LogP contribution >= 0.6 is 11.6 Å². The molecule has 1 unspecified atom stereocenters. The predicted octanol–water partition coefficient (Wildman–Crippen LogP) is 3.62. The summed E-state index contributed by atoms with van der Waals surface area (Å²) in [7, 11) is 0.146. The molecule has 1 aliphatic rings. The van der Waals surface area contributed by atoms with Crippen molar-refractivity contribution in [1.82, 2.24) is 9.80 Å². The van der Waals surface area contributed by atoms with Crippen molar-refractivity contribution in [2.45, 2.75) is 30.7 Å². The van der Waals surface area contributed by atoms with Gasteiger partial charge in [-0.25, -0.2) is 8.42 Å². The summed E-state index contributed by atoms with van der Waals surface area (Å²) in [6.07, 6.45) is 1.93. The molecule has 1 amide bonds. The van der Waals surface area contributed by atoms with Crippen LogP contribution in [0.1, 0.15) is 28.8 Å². The fraction of sp³-hybridized carbons (Fsp3) is 0.381. The highest BCUT2D eigenvalue weighted by molar-refractivity contribution is 7.92. The van der Waals surface area contributed by atoms with Crippen molar-refractivity contribution in [3.05, 3.63) is 58.6 Å². The maximum atomic E-state index is 13.1. The molecule has 6 nitrogen and oxygen atoms in total. The van der Waals surface area contributed by atoms with Crippen molar-refractivity contribution in [1.29, 1.82) is 0 Å². The van der Waals surface area contributed by atoms with E-state index in [1.165, 1.54) is 18.2 Å². The van der Waals surface area contributed by atoms with Gasteiger partial charge in [0.05, 0.1) is 15.5 Å². The molecule has 1 heterocycles. The first-order valence-electron chi connectivity index (χ1n) is 9.52. The summed E-state index contributed by atoms with van der Waals surface area (Å²) in [5.74, 6) is -0.242. The number of piperidine rings is 1. The second-order valence-corrected chi connectivity index (χ2v) is 9.72. The number of hydrogen-bond donors (Lipinski definition) is 1. The van der Waals surface area contributed by atoms with Crippen LogP contribution in [0.5, 0.6) is 0 Å². The summed E-state index contributed by atoms with van der Waals surface area (Å²) < 4.78 is 28.2. The standard InChI is InChI=1S/C21H26ClN3O3S/c1-15-6-4-7-16(12-15)23-29(27,28)18-9-10-20(22)19(13-18)21(26)25-11-5-8-17(14-25)24(2)3/h4,6-7,9-10,12-13,17,23H,5,8,11,14H2,1-3H3. The Bertz CT molecular complexity index is 1010. The maximum absolute atomic E-state index is 13.1. The molecule has 1 atom stereocenters. The zero-order valence-electron chi connectivity index (χ0n) is 16.9. The van der Waals surface area contributed by atoms with Crippen LogP contribution in [0, 0.1) is 6.92 Å². The van der Waals surface area contributed by atoms with Gasteiger partial charge >= 0.3 is 0 Å². The quantitative estimate of drug-likeness (QED) is 0.778. The molecule has 0 aliphatic carbocycles. The van der Waals surface area contributed by atoms with Gasteiger partial charge in [-0.2, -0.15) is 0 Å². The molecule has 1 fully saturated rings. The number of likely N-dealkylation sites (N-methyl/N-ethyl adjacent to an activating group) is 1. The molecular weight excluding hydrogens is 410 g/mol. The summed E-state index contributed by atoms with van der Waals surface area (Å²) >= 11 is 6.27. The lowest BCUT2D eigenvalue weighted by atomic mass is 10.0. The summed E-state index contributed by atoms with van der Waals surface area (Å²) in [5.41, 5.74) is 1.62. The number of carbonyl (C=O) groups excluding carboxylic acids is 1. The molecule has 156 valence electrons. The molecule has 1 N–H and O–H groups in total. The highest BCUT2D eigenvalue weighted by Crippen LogP contribution is 2.25. The van der Waals surface area contributed by atoms with E-state index in [4.69, 9.17) is 11.6 Å². The van der Waals surface area contributed by atoms with E-state index < -0.39 is 10.0 Å². The number of sulfonamides is 1. The number of carbonyl (C=O) groups is 1. The van der Waals surface area contributed by atoms with Crippen molar-refractivity contribution in [3.8, 4) is 0 Å². The first kappa shape index (κ1) is 21.6. The second-order valence-electron chi connectivity index (χ2n) is 7.63. The highest BCUT2D eigenvalue weighted by Gasteiger charge is 2.28. The normalized spacial score (nSPS) is 17.4. The number of likely N-dealkylation sites (tertiary alicyclic amines) is 1. The Hall–Kier alpha value is -2.09. The average Bonchev–Trinajstić information content (AvgIpc) is 2.67. The minimum atomic E-state index is -3.85. The van der Waals surface area contributed by atoms with Crippen molar-refractivity contribution in [2.75, 3.05) is 31.9 Å². The number of halogens is 1. The molecule has 29 heavy (non-hydrogen) atoms.